The van der Waals surface area contributed by atoms with Crippen molar-refractivity contribution in [3.8, 4) is 5.75 Å². The first-order valence-corrected chi connectivity index (χ1v) is 8.33. The molecule has 24 heavy (non-hydrogen) atoms. The molecule has 1 aromatic rings. The number of rotatable bonds is 7. The third-order valence-corrected chi connectivity index (χ3v) is 4.17. The molecule has 2 rings (SSSR count). The van der Waals surface area contributed by atoms with Gasteiger partial charge in [0.2, 0.25) is 5.91 Å². The zero-order valence-corrected chi connectivity index (χ0v) is 15.2. The fourth-order valence-corrected chi connectivity index (χ4v) is 2.75. The van der Waals surface area contributed by atoms with E-state index >= 15 is 0 Å². The first-order chi connectivity index (χ1) is 11.1. The summed E-state index contributed by atoms with van der Waals surface area (Å²) in [6, 6.07) is 7.68. The van der Waals surface area contributed by atoms with Crippen molar-refractivity contribution in [2.75, 3.05) is 13.2 Å². The first-order valence-electron chi connectivity index (χ1n) is 8.33. The number of hydrogen-bond donors (Lipinski definition) is 2. The van der Waals surface area contributed by atoms with Crippen LogP contribution in [-0.2, 0) is 4.79 Å². The maximum Gasteiger partial charge on any atom is 0.220 e. The van der Waals surface area contributed by atoms with E-state index in [1.807, 2.05) is 6.07 Å². The summed E-state index contributed by atoms with van der Waals surface area (Å²) in [4.78, 5) is 23.3. The van der Waals surface area contributed by atoms with Crippen molar-refractivity contribution in [3.05, 3.63) is 29.8 Å². The lowest BCUT2D eigenvalue weighted by molar-refractivity contribution is -0.122. The predicted octanol–water partition coefficient (Wildman–Crippen LogP) is 2.73. The van der Waals surface area contributed by atoms with Crippen LogP contribution < -0.4 is 15.4 Å². The average Bonchev–Trinajstić information content (AvgIpc) is 2.54. The average molecular weight is 355 g/mol. The lowest BCUT2D eigenvalue weighted by Crippen LogP contribution is -2.51. The van der Waals surface area contributed by atoms with Gasteiger partial charge in [0.1, 0.15) is 5.75 Å². The number of Topliss-reactive ketones (excluding diaryl/α,β-unsaturated/α-hetero) is 1. The SMILES string of the molecule is CC(=O)c1cccc(OCCCC(=O)NC2CCCNC2C)c1.Cl. The number of amides is 1. The molecule has 2 atom stereocenters. The summed E-state index contributed by atoms with van der Waals surface area (Å²) in [5, 5.41) is 6.46. The van der Waals surface area contributed by atoms with Crippen LogP contribution in [0.15, 0.2) is 24.3 Å². The van der Waals surface area contributed by atoms with E-state index in [-0.39, 0.29) is 30.1 Å². The highest BCUT2D eigenvalue weighted by Gasteiger charge is 2.21. The molecule has 0 spiro atoms. The molecule has 134 valence electrons. The Labute approximate surface area is 149 Å². The number of ether oxygens (including phenoxy) is 1. The van der Waals surface area contributed by atoms with E-state index in [4.69, 9.17) is 4.74 Å². The third-order valence-electron chi connectivity index (χ3n) is 4.17. The molecule has 1 amide bonds. The number of piperidine rings is 1. The van der Waals surface area contributed by atoms with Gasteiger partial charge >= 0.3 is 0 Å². The largest absolute Gasteiger partial charge is 0.494 e. The smallest absolute Gasteiger partial charge is 0.220 e. The lowest BCUT2D eigenvalue weighted by atomic mass is 10.00. The summed E-state index contributed by atoms with van der Waals surface area (Å²) in [6.07, 6.45) is 3.25. The van der Waals surface area contributed by atoms with E-state index in [2.05, 4.69) is 17.6 Å². The van der Waals surface area contributed by atoms with Crippen LogP contribution in [0.4, 0.5) is 0 Å². The Bertz CT molecular complexity index is 551. The molecule has 0 aromatic heterocycles. The molecule has 5 nitrogen and oxygen atoms in total. The molecule has 6 heteroatoms. The summed E-state index contributed by atoms with van der Waals surface area (Å²) in [7, 11) is 0. The lowest BCUT2D eigenvalue weighted by Gasteiger charge is -2.30. The zero-order chi connectivity index (χ0) is 16.7. The molecule has 0 bridgehead atoms. The minimum absolute atomic E-state index is 0. The molecule has 0 radical (unpaired) electrons. The second-order valence-corrected chi connectivity index (χ2v) is 6.10. The Kier molecular flexibility index (Phi) is 8.79. The van der Waals surface area contributed by atoms with Gasteiger partial charge in [-0.1, -0.05) is 12.1 Å². The van der Waals surface area contributed by atoms with Gasteiger partial charge in [0.05, 0.1) is 6.61 Å². The van der Waals surface area contributed by atoms with Gasteiger partial charge in [-0.15, -0.1) is 12.4 Å². The van der Waals surface area contributed by atoms with E-state index < -0.39 is 0 Å². The van der Waals surface area contributed by atoms with Crippen LogP contribution in [0.5, 0.6) is 5.75 Å². The van der Waals surface area contributed by atoms with Crippen molar-refractivity contribution in [1.29, 1.82) is 0 Å². The Morgan fingerprint density at radius 2 is 2.17 bits per heavy atom. The number of hydrogen-bond acceptors (Lipinski definition) is 4. The van der Waals surface area contributed by atoms with Crippen molar-refractivity contribution in [2.24, 2.45) is 0 Å². The molecule has 1 saturated heterocycles. The topological polar surface area (TPSA) is 67.4 Å². The van der Waals surface area contributed by atoms with Crippen molar-refractivity contribution in [3.63, 3.8) is 0 Å². The fraction of sp³-hybridized carbons (Fsp3) is 0.556. The maximum atomic E-state index is 12.0. The summed E-state index contributed by atoms with van der Waals surface area (Å²) in [5.74, 6) is 0.764. The Morgan fingerprint density at radius 1 is 1.38 bits per heavy atom. The summed E-state index contributed by atoms with van der Waals surface area (Å²) in [6.45, 7) is 5.13. The van der Waals surface area contributed by atoms with E-state index in [1.54, 1.807) is 18.2 Å². The number of benzene rings is 1. The predicted molar refractivity (Wildman–Crippen MR) is 97.1 cm³/mol. The van der Waals surface area contributed by atoms with Crippen LogP contribution in [-0.4, -0.2) is 36.9 Å². The standard InChI is InChI=1S/C18H26N2O3.ClH/c1-13-17(8-4-10-19-13)20-18(22)9-5-11-23-16-7-3-6-15(12-16)14(2)21;/h3,6-7,12-13,17,19H,4-5,8-11H2,1-2H3,(H,20,22);1H. The number of halogens is 1. The highest BCUT2D eigenvalue weighted by Crippen LogP contribution is 2.14. The summed E-state index contributed by atoms with van der Waals surface area (Å²) in [5.41, 5.74) is 0.638. The van der Waals surface area contributed by atoms with Crippen molar-refractivity contribution in [2.45, 2.75) is 51.6 Å². The van der Waals surface area contributed by atoms with Crippen LogP contribution in [0.2, 0.25) is 0 Å². The van der Waals surface area contributed by atoms with Crippen LogP contribution >= 0.6 is 12.4 Å². The van der Waals surface area contributed by atoms with Gasteiger partial charge in [0.25, 0.3) is 0 Å². The number of carbonyl (C=O) groups is 2. The minimum Gasteiger partial charge on any atom is -0.494 e. The van der Waals surface area contributed by atoms with Crippen LogP contribution in [0, 0.1) is 0 Å². The van der Waals surface area contributed by atoms with Gasteiger partial charge in [-0.2, -0.15) is 0 Å². The molecule has 0 saturated carbocycles. The summed E-state index contributed by atoms with van der Waals surface area (Å²) < 4.78 is 5.61. The number of ketones is 1. The highest BCUT2D eigenvalue weighted by atomic mass is 35.5. The quantitative estimate of drug-likeness (QED) is 0.583. The van der Waals surface area contributed by atoms with E-state index in [0.717, 1.165) is 19.4 Å². The molecule has 1 aliphatic rings. The first kappa shape index (κ1) is 20.5. The van der Waals surface area contributed by atoms with Gasteiger partial charge in [0.15, 0.2) is 5.78 Å². The second-order valence-electron chi connectivity index (χ2n) is 6.10. The van der Waals surface area contributed by atoms with Crippen molar-refractivity contribution < 1.29 is 14.3 Å². The molecular weight excluding hydrogens is 328 g/mol. The molecule has 2 N–H and O–H groups in total. The van der Waals surface area contributed by atoms with Crippen molar-refractivity contribution >= 4 is 24.1 Å². The van der Waals surface area contributed by atoms with Gasteiger partial charge in [-0.3, -0.25) is 9.59 Å². The molecule has 1 fully saturated rings. The second kappa shape index (κ2) is 10.3. The van der Waals surface area contributed by atoms with E-state index in [0.29, 0.717) is 36.8 Å². The van der Waals surface area contributed by atoms with Gasteiger partial charge in [-0.25, -0.2) is 0 Å². The molecule has 1 heterocycles. The highest BCUT2D eigenvalue weighted by molar-refractivity contribution is 5.94. The zero-order valence-electron chi connectivity index (χ0n) is 14.3. The Balaban J connectivity index is 0.00000288. The number of nitrogens with one attached hydrogen (secondary N) is 2. The third kappa shape index (κ3) is 6.49. The maximum absolute atomic E-state index is 12.0. The fourth-order valence-electron chi connectivity index (χ4n) is 2.75. The minimum atomic E-state index is 0. The van der Waals surface area contributed by atoms with E-state index in [9.17, 15) is 9.59 Å². The van der Waals surface area contributed by atoms with Gasteiger partial charge in [0, 0.05) is 24.1 Å². The molecule has 1 aromatic carbocycles. The van der Waals surface area contributed by atoms with Crippen LogP contribution in [0.3, 0.4) is 0 Å². The summed E-state index contributed by atoms with van der Waals surface area (Å²) >= 11 is 0. The van der Waals surface area contributed by atoms with Crippen molar-refractivity contribution in [1.82, 2.24) is 10.6 Å². The number of carbonyl (C=O) groups excluding carboxylic acids is 2. The van der Waals surface area contributed by atoms with Gasteiger partial charge < -0.3 is 15.4 Å². The molecule has 2 unspecified atom stereocenters. The van der Waals surface area contributed by atoms with Crippen LogP contribution in [0.1, 0.15) is 49.9 Å². The molecule has 0 aliphatic carbocycles. The Morgan fingerprint density at radius 3 is 2.88 bits per heavy atom. The van der Waals surface area contributed by atoms with E-state index in [1.165, 1.54) is 6.92 Å². The molecule has 1 aliphatic heterocycles. The normalized spacial score (nSPS) is 19.9. The van der Waals surface area contributed by atoms with Gasteiger partial charge in [-0.05, 0) is 51.8 Å². The van der Waals surface area contributed by atoms with Crippen LogP contribution in [0.25, 0.3) is 0 Å². The monoisotopic (exact) mass is 354 g/mol. The molecular formula is C18H27ClN2O3. The Hall–Kier alpha value is -1.59.